The number of rotatable bonds is 6. The molecule has 5 heteroatoms. The Morgan fingerprint density at radius 2 is 1.82 bits per heavy atom. The molecule has 0 aromatic heterocycles. The number of hydrogen-bond acceptors (Lipinski definition) is 3. The van der Waals surface area contributed by atoms with Crippen LogP contribution < -0.4 is 14.8 Å². The molecular formula is C17H19ClFNO2. The van der Waals surface area contributed by atoms with Crippen molar-refractivity contribution >= 4 is 17.3 Å². The minimum Gasteiger partial charge on any atom is -0.493 e. The number of anilines is 1. The maximum atomic E-state index is 13.2. The number of halogens is 2. The van der Waals surface area contributed by atoms with Crippen LogP contribution in [0.2, 0.25) is 5.02 Å². The molecule has 0 amide bonds. The Labute approximate surface area is 135 Å². The lowest BCUT2D eigenvalue weighted by Gasteiger charge is -2.17. The Kier molecular flexibility index (Phi) is 5.50. The fourth-order valence-electron chi connectivity index (χ4n) is 2.28. The lowest BCUT2D eigenvalue weighted by molar-refractivity contribution is 0.354. The molecule has 0 spiro atoms. The summed E-state index contributed by atoms with van der Waals surface area (Å²) in [5.74, 6) is 0.994. The minimum atomic E-state index is -0.417. The molecule has 1 atom stereocenters. The molecular weight excluding hydrogens is 305 g/mol. The number of nitrogens with one attached hydrogen (secondary N) is 1. The molecule has 0 saturated heterocycles. The zero-order valence-corrected chi connectivity index (χ0v) is 13.6. The maximum absolute atomic E-state index is 13.2. The van der Waals surface area contributed by atoms with E-state index in [0.29, 0.717) is 11.5 Å². The van der Waals surface area contributed by atoms with Crippen molar-refractivity contribution in [2.24, 2.45) is 0 Å². The van der Waals surface area contributed by atoms with Crippen molar-refractivity contribution in [3.05, 3.63) is 52.8 Å². The lowest BCUT2D eigenvalue weighted by atomic mass is 10.1. The highest BCUT2D eigenvalue weighted by Crippen LogP contribution is 2.28. The molecule has 0 saturated carbocycles. The zero-order chi connectivity index (χ0) is 16.1. The highest BCUT2D eigenvalue weighted by Gasteiger charge is 2.09. The van der Waals surface area contributed by atoms with Gasteiger partial charge in [-0.05, 0) is 49.2 Å². The largest absolute Gasteiger partial charge is 0.493 e. The lowest BCUT2D eigenvalue weighted by Crippen LogP contribution is -2.18. The molecule has 118 valence electrons. The SMILES string of the molecule is COc1ccc(CC(C)Nc2ccc(F)c(Cl)c2)cc1OC. The molecule has 2 aromatic carbocycles. The van der Waals surface area contributed by atoms with Crippen LogP contribution in [-0.4, -0.2) is 20.3 Å². The molecule has 22 heavy (non-hydrogen) atoms. The van der Waals surface area contributed by atoms with Gasteiger partial charge in [0.1, 0.15) is 5.82 Å². The number of ether oxygens (including phenoxy) is 2. The van der Waals surface area contributed by atoms with Crippen molar-refractivity contribution < 1.29 is 13.9 Å². The van der Waals surface area contributed by atoms with Gasteiger partial charge in [0.05, 0.1) is 19.2 Å². The van der Waals surface area contributed by atoms with Crippen LogP contribution in [0.1, 0.15) is 12.5 Å². The molecule has 0 aliphatic heterocycles. The summed E-state index contributed by atoms with van der Waals surface area (Å²) in [5.41, 5.74) is 1.91. The van der Waals surface area contributed by atoms with Crippen LogP contribution in [0.4, 0.5) is 10.1 Å². The molecule has 0 bridgehead atoms. The van der Waals surface area contributed by atoms with Crippen molar-refractivity contribution in [2.45, 2.75) is 19.4 Å². The Morgan fingerprint density at radius 3 is 2.45 bits per heavy atom. The van der Waals surface area contributed by atoms with E-state index in [1.54, 1.807) is 26.4 Å². The second-order valence-electron chi connectivity index (χ2n) is 5.07. The highest BCUT2D eigenvalue weighted by atomic mass is 35.5. The minimum absolute atomic E-state index is 0.114. The monoisotopic (exact) mass is 323 g/mol. The Morgan fingerprint density at radius 1 is 1.09 bits per heavy atom. The molecule has 0 heterocycles. The maximum Gasteiger partial charge on any atom is 0.160 e. The van der Waals surface area contributed by atoms with Gasteiger partial charge < -0.3 is 14.8 Å². The first kappa shape index (κ1) is 16.4. The summed E-state index contributed by atoms with van der Waals surface area (Å²) in [6.45, 7) is 2.05. The van der Waals surface area contributed by atoms with E-state index < -0.39 is 5.82 Å². The summed E-state index contributed by atoms with van der Waals surface area (Å²) in [7, 11) is 3.23. The predicted molar refractivity (Wildman–Crippen MR) is 87.7 cm³/mol. The van der Waals surface area contributed by atoms with Gasteiger partial charge in [0, 0.05) is 11.7 Å². The molecule has 2 rings (SSSR count). The van der Waals surface area contributed by atoms with Crippen LogP contribution in [0.15, 0.2) is 36.4 Å². The van der Waals surface area contributed by atoms with Crippen LogP contribution in [-0.2, 0) is 6.42 Å². The van der Waals surface area contributed by atoms with Crippen molar-refractivity contribution in [3.63, 3.8) is 0 Å². The summed E-state index contributed by atoms with van der Waals surface area (Å²) in [4.78, 5) is 0. The van der Waals surface area contributed by atoms with E-state index in [0.717, 1.165) is 17.7 Å². The summed E-state index contributed by atoms with van der Waals surface area (Å²) >= 11 is 5.79. The van der Waals surface area contributed by atoms with Crippen LogP contribution in [0.3, 0.4) is 0 Å². The third-order valence-electron chi connectivity index (χ3n) is 3.32. The van der Waals surface area contributed by atoms with Crippen LogP contribution in [0.5, 0.6) is 11.5 Å². The van der Waals surface area contributed by atoms with E-state index in [-0.39, 0.29) is 11.1 Å². The van der Waals surface area contributed by atoms with Crippen LogP contribution in [0, 0.1) is 5.82 Å². The molecule has 0 aliphatic rings. The Hall–Kier alpha value is -1.94. The standard InChI is InChI=1S/C17H19ClFNO2/c1-11(20-13-5-6-15(19)14(18)10-13)8-12-4-7-16(21-2)17(9-12)22-3/h4-7,9-11,20H,8H2,1-3H3. The van der Waals surface area contributed by atoms with E-state index >= 15 is 0 Å². The average Bonchev–Trinajstić information content (AvgIpc) is 2.50. The van der Waals surface area contributed by atoms with Gasteiger partial charge in [-0.15, -0.1) is 0 Å². The van der Waals surface area contributed by atoms with E-state index in [1.165, 1.54) is 6.07 Å². The van der Waals surface area contributed by atoms with E-state index in [9.17, 15) is 4.39 Å². The van der Waals surface area contributed by atoms with Crippen molar-refractivity contribution in [1.29, 1.82) is 0 Å². The molecule has 0 fully saturated rings. The normalized spacial score (nSPS) is 11.9. The summed E-state index contributed by atoms with van der Waals surface area (Å²) < 4.78 is 23.7. The van der Waals surface area contributed by atoms with Gasteiger partial charge in [-0.1, -0.05) is 17.7 Å². The first-order valence-corrected chi connectivity index (χ1v) is 7.33. The molecule has 0 aliphatic carbocycles. The van der Waals surface area contributed by atoms with Gasteiger partial charge in [-0.2, -0.15) is 0 Å². The van der Waals surface area contributed by atoms with Crippen LogP contribution in [0.25, 0.3) is 0 Å². The molecule has 1 unspecified atom stereocenters. The smallest absolute Gasteiger partial charge is 0.160 e. The number of benzene rings is 2. The van der Waals surface area contributed by atoms with Gasteiger partial charge >= 0.3 is 0 Å². The fourth-order valence-corrected chi connectivity index (χ4v) is 2.46. The second kappa shape index (κ2) is 7.36. The first-order valence-electron chi connectivity index (χ1n) is 6.96. The summed E-state index contributed by atoms with van der Waals surface area (Å²) in [6.07, 6.45) is 0.787. The van der Waals surface area contributed by atoms with E-state index in [4.69, 9.17) is 21.1 Å². The van der Waals surface area contributed by atoms with E-state index in [1.807, 2.05) is 25.1 Å². The van der Waals surface area contributed by atoms with Gasteiger partial charge in [-0.3, -0.25) is 0 Å². The second-order valence-corrected chi connectivity index (χ2v) is 5.47. The number of hydrogen-bond donors (Lipinski definition) is 1. The van der Waals surface area contributed by atoms with Gasteiger partial charge in [-0.25, -0.2) is 4.39 Å². The molecule has 0 radical (unpaired) electrons. The fraction of sp³-hybridized carbons (Fsp3) is 0.294. The van der Waals surface area contributed by atoms with E-state index in [2.05, 4.69) is 5.32 Å². The van der Waals surface area contributed by atoms with Crippen molar-refractivity contribution in [3.8, 4) is 11.5 Å². The zero-order valence-electron chi connectivity index (χ0n) is 12.8. The topological polar surface area (TPSA) is 30.5 Å². The molecule has 2 aromatic rings. The van der Waals surface area contributed by atoms with Gasteiger partial charge in [0.2, 0.25) is 0 Å². The summed E-state index contributed by atoms with van der Waals surface area (Å²) in [5, 5.41) is 3.42. The molecule has 3 nitrogen and oxygen atoms in total. The van der Waals surface area contributed by atoms with Gasteiger partial charge in [0.25, 0.3) is 0 Å². The van der Waals surface area contributed by atoms with Gasteiger partial charge in [0.15, 0.2) is 11.5 Å². The van der Waals surface area contributed by atoms with Crippen molar-refractivity contribution in [1.82, 2.24) is 0 Å². The highest BCUT2D eigenvalue weighted by molar-refractivity contribution is 6.31. The van der Waals surface area contributed by atoms with Crippen LogP contribution >= 0.6 is 11.6 Å². The van der Waals surface area contributed by atoms with Crippen molar-refractivity contribution in [2.75, 3.05) is 19.5 Å². The average molecular weight is 324 g/mol. The third kappa shape index (κ3) is 4.04. The first-order chi connectivity index (χ1) is 10.5. The quantitative estimate of drug-likeness (QED) is 0.846. The molecule has 1 N–H and O–H groups in total. The number of methoxy groups -OCH3 is 2. The Balaban J connectivity index is 2.05. The third-order valence-corrected chi connectivity index (χ3v) is 3.61. The predicted octanol–water partition coefficient (Wildman–Crippen LogP) is 4.54. The summed E-state index contributed by atoms with van der Waals surface area (Å²) in [6, 6.07) is 10.6. The Bertz CT molecular complexity index is 649.